The fourth-order valence-electron chi connectivity index (χ4n) is 4.45. The highest BCUT2D eigenvalue weighted by atomic mass is 16.5. The average molecular weight is 422 g/mol. The van der Waals surface area contributed by atoms with E-state index in [1.54, 1.807) is 12.0 Å². The number of piperazine rings is 1. The van der Waals surface area contributed by atoms with Crippen molar-refractivity contribution in [1.82, 2.24) is 20.2 Å². The third-order valence-corrected chi connectivity index (χ3v) is 6.23. The molecule has 1 aliphatic rings. The number of benzene rings is 2. The second-order valence-corrected chi connectivity index (χ2v) is 8.22. The maximum atomic E-state index is 5.29. The fraction of sp³-hybridized carbons (Fsp3) is 0.458. The quantitative estimate of drug-likeness (QED) is 0.575. The molecule has 3 aromatic rings. The van der Waals surface area contributed by atoms with Crippen LogP contribution >= 0.6 is 0 Å². The summed E-state index contributed by atoms with van der Waals surface area (Å²) in [5, 5.41) is 12.9. The Morgan fingerprint density at radius 3 is 2.45 bits per heavy atom. The Morgan fingerprint density at radius 1 is 1.03 bits per heavy atom. The van der Waals surface area contributed by atoms with E-state index in [9.17, 15) is 0 Å². The molecule has 0 saturated carbocycles. The molecule has 0 radical (unpaired) electrons. The zero-order valence-electron chi connectivity index (χ0n) is 18.6. The van der Waals surface area contributed by atoms with Crippen LogP contribution in [0.3, 0.4) is 0 Å². The maximum absolute atomic E-state index is 5.29. The number of rotatable bonds is 9. The normalized spacial score (nSPS) is 15.7. The number of hydrogen-bond donors (Lipinski definition) is 1. The number of methoxy groups -OCH3 is 1. The predicted molar refractivity (Wildman–Crippen MR) is 122 cm³/mol. The molecule has 0 spiro atoms. The summed E-state index contributed by atoms with van der Waals surface area (Å²) in [7, 11) is 1.71. The number of unbranched alkanes of at least 4 members (excludes halogenated alkanes) is 1. The zero-order valence-corrected chi connectivity index (χ0v) is 18.6. The van der Waals surface area contributed by atoms with Gasteiger partial charge in [0.1, 0.15) is 11.8 Å². The van der Waals surface area contributed by atoms with Gasteiger partial charge >= 0.3 is 0 Å². The SMILES string of the molecule is CCCC[C@H](c1nnnn1Cc1ccccc1)[NH+]1CCN(c2ccc(OC)cc2)CC1. The van der Waals surface area contributed by atoms with Gasteiger partial charge in [-0.2, -0.15) is 0 Å². The summed E-state index contributed by atoms with van der Waals surface area (Å²) in [6.45, 7) is 7.20. The predicted octanol–water partition coefficient (Wildman–Crippen LogP) is 2.37. The molecule has 0 aliphatic carbocycles. The van der Waals surface area contributed by atoms with Gasteiger partial charge in [0.15, 0.2) is 0 Å². The molecule has 2 aromatic carbocycles. The van der Waals surface area contributed by atoms with E-state index in [0.29, 0.717) is 6.04 Å². The highest BCUT2D eigenvalue weighted by molar-refractivity contribution is 5.49. The molecule has 1 aromatic heterocycles. The van der Waals surface area contributed by atoms with E-state index < -0.39 is 0 Å². The minimum absolute atomic E-state index is 0.330. The summed E-state index contributed by atoms with van der Waals surface area (Å²) in [5.74, 6) is 1.92. The third kappa shape index (κ3) is 5.22. The van der Waals surface area contributed by atoms with E-state index in [1.807, 2.05) is 22.9 Å². The Bertz CT molecular complexity index is 919. The van der Waals surface area contributed by atoms with Gasteiger partial charge < -0.3 is 14.5 Å². The molecular formula is C24H33N6O+. The topological polar surface area (TPSA) is 60.5 Å². The molecule has 7 heteroatoms. The molecule has 1 N–H and O–H groups in total. The summed E-state index contributed by atoms with van der Waals surface area (Å²) in [6.07, 6.45) is 3.49. The Balaban J connectivity index is 1.46. The van der Waals surface area contributed by atoms with Gasteiger partial charge in [-0.1, -0.05) is 43.7 Å². The minimum atomic E-state index is 0.330. The maximum Gasteiger partial charge on any atom is 0.209 e. The second kappa shape index (κ2) is 10.4. The summed E-state index contributed by atoms with van der Waals surface area (Å²) < 4.78 is 7.29. The first-order valence-corrected chi connectivity index (χ1v) is 11.3. The number of nitrogens with one attached hydrogen (secondary N) is 1. The first kappa shape index (κ1) is 21.3. The lowest BCUT2D eigenvalue weighted by Gasteiger charge is -2.37. The van der Waals surface area contributed by atoms with Gasteiger partial charge in [-0.15, -0.1) is 5.10 Å². The Kier molecular flexibility index (Phi) is 7.14. The zero-order chi connectivity index (χ0) is 21.5. The number of hydrogen-bond acceptors (Lipinski definition) is 5. The lowest BCUT2D eigenvalue weighted by atomic mass is 10.1. The molecule has 1 aliphatic heterocycles. The van der Waals surface area contributed by atoms with Crippen molar-refractivity contribution in [3.8, 4) is 5.75 Å². The molecule has 31 heavy (non-hydrogen) atoms. The van der Waals surface area contributed by atoms with Crippen molar-refractivity contribution in [3.63, 3.8) is 0 Å². The number of nitrogens with zero attached hydrogens (tertiary/aromatic N) is 5. The van der Waals surface area contributed by atoms with E-state index in [-0.39, 0.29) is 0 Å². The van der Waals surface area contributed by atoms with Crippen molar-refractivity contribution in [2.24, 2.45) is 0 Å². The van der Waals surface area contributed by atoms with Crippen LogP contribution < -0.4 is 14.5 Å². The average Bonchev–Trinajstić information content (AvgIpc) is 3.28. The molecule has 4 rings (SSSR count). The van der Waals surface area contributed by atoms with E-state index in [2.05, 4.69) is 63.7 Å². The molecule has 0 bridgehead atoms. The molecule has 1 atom stereocenters. The molecular weight excluding hydrogens is 388 g/mol. The summed E-state index contributed by atoms with van der Waals surface area (Å²) in [6, 6.07) is 19.1. The molecule has 164 valence electrons. The Morgan fingerprint density at radius 2 is 1.77 bits per heavy atom. The van der Waals surface area contributed by atoms with Gasteiger partial charge in [0.25, 0.3) is 0 Å². The lowest BCUT2D eigenvalue weighted by molar-refractivity contribution is -0.933. The second-order valence-electron chi connectivity index (χ2n) is 8.22. The van der Waals surface area contributed by atoms with E-state index in [4.69, 9.17) is 4.74 Å². The Hall–Kier alpha value is -2.93. The van der Waals surface area contributed by atoms with Crippen molar-refractivity contribution in [2.45, 2.75) is 38.8 Å². The largest absolute Gasteiger partial charge is 0.497 e. The van der Waals surface area contributed by atoms with Crippen LogP contribution in [0.2, 0.25) is 0 Å². The van der Waals surface area contributed by atoms with Crippen molar-refractivity contribution in [2.75, 3.05) is 38.2 Å². The lowest BCUT2D eigenvalue weighted by Crippen LogP contribution is -3.15. The standard InChI is InChI=1S/C24H32N6O/c1-3-4-10-23(24-25-26-27-30(24)19-20-8-6-5-7-9-20)29-17-15-28(16-18-29)21-11-13-22(31-2)14-12-21/h5-9,11-14,23H,3-4,10,15-19H2,1-2H3/p+1/t23-/m1/s1. The molecule has 0 amide bonds. The fourth-order valence-corrected chi connectivity index (χ4v) is 4.45. The van der Waals surface area contributed by atoms with Gasteiger partial charge in [-0.25, -0.2) is 4.68 Å². The third-order valence-electron chi connectivity index (χ3n) is 6.23. The van der Waals surface area contributed by atoms with E-state index in [0.717, 1.165) is 50.7 Å². The molecule has 1 saturated heterocycles. The van der Waals surface area contributed by atoms with Crippen LogP contribution in [0.4, 0.5) is 5.69 Å². The number of anilines is 1. The number of aromatic nitrogens is 4. The van der Waals surface area contributed by atoms with E-state index >= 15 is 0 Å². The van der Waals surface area contributed by atoms with Crippen LogP contribution in [0.1, 0.15) is 43.6 Å². The summed E-state index contributed by atoms with van der Waals surface area (Å²) in [4.78, 5) is 4.05. The molecule has 1 fully saturated rings. The van der Waals surface area contributed by atoms with Crippen LogP contribution in [-0.2, 0) is 6.54 Å². The van der Waals surface area contributed by atoms with Crippen LogP contribution in [0.15, 0.2) is 54.6 Å². The minimum Gasteiger partial charge on any atom is -0.497 e. The van der Waals surface area contributed by atoms with Crippen LogP contribution in [0.25, 0.3) is 0 Å². The van der Waals surface area contributed by atoms with Crippen LogP contribution in [0, 0.1) is 0 Å². The first-order valence-electron chi connectivity index (χ1n) is 11.3. The van der Waals surface area contributed by atoms with Gasteiger partial charge in [-0.05, 0) is 46.7 Å². The molecule has 7 nitrogen and oxygen atoms in total. The number of tetrazole rings is 1. The van der Waals surface area contributed by atoms with Crippen molar-refractivity contribution in [3.05, 3.63) is 66.0 Å². The monoisotopic (exact) mass is 421 g/mol. The van der Waals surface area contributed by atoms with Crippen LogP contribution in [-0.4, -0.2) is 53.5 Å². The molecule has 2 heterocycles. The van der Waals surface area contributed by atoms with Gasteiger partial charge in [0.2, 0.25) is 5.82 Å². The molecule has 0 unspecified atom stereocenters. The number of ether oxygens (including phenoxy) is 1. The van der Waals surface area contributed by atoms with Crippen molar-refractivity contribution < 1.29 is 9.64 Å². The van der Waals surface area contributed by atoms with Gasteiger partial charge in [0.05, 0.1) is 39.8 Å². The summed E-state index contributed by atoms with van der Waals surface area (Å²) >= 11 is 0. The van der Waals surface area contributed by atoms with Gasteiger partial charge in [-0.3, -0.25) is 0 Å². The van der Waals surface area contributed by atoms with Crippen molar-refractivity contribution in [1.29, 1.82) is 0 Å². The highest BCUT2D eigenvalue weighted by Crippen LogP contribution is 2.20. The van der Waals surface area contributed by atoms with Crippen LogP contribution in [0.5, 0.6) is 5.75 Å². The first-order chi connectivity index (χ1) is 15.3. The van der Waals surface area contributed by atoms with E-state index in [1.165, 1.54) is 24.1 Å². The Labute approximate surface area is 184 Å². The smallest absolute Gasteiger partial charge is 0.209 e. The summed E-state index contributed by atoms with van der Waals surface area (Å²) in [5.41, 5.74) is 2.49. The number of quaternary nitrogens is 1. The highest BCUT2D eigenvalue weighted by Gasteiger charge is 2.32. The van der Waals surface area contributed by atoms with Crippen molar-refractivity contribution >= 4 is 5.69 Å². The van der Waals surface area contributed by atoms with Gasteiger partial charge in [0, 0.05) is 12.1 Å².